The molecule has 1 atom stereocenters. The third-order valence-electron chi connectivity index (χ3n) is 3.62. The van der Waals surface area contributed by atoms with Crippen molar-refractivity contribution in [1.29, 1.82) is 0 Å². The lowest BCUT2D eigenvalue weighted by Gasteiger charge is -2.08. The Labute approximate surface area is 123 Å². The summed E-state index contributed by atoms with van der Waals surface area (Å²) in [6, 6.07) is 11.3. The average molecular weight is 284 g/mol. The van der Waals surface area contributed by atoms with Gasteiger partial charge in [-0.15, -0.1) is 0 Å². The standard InChI is InChI=1S/C17H20N2S/c1-13(18)10-15-2-3-16-5-8-19(17(16)11-15)7-4-14-6-9-20-12-14/h2-3,5-6,8-9,11-13H,4,7,10,18H2,1H3. The van der Waals surface area contributed by atoms with E-state index in [1.165, 1.54) is 22.0 Å². The topological polar surface area (TPSA) is 30.9 Å². The van der Waals surface area contributed by atoms with Crippen molar-refractivity contribution in [3.05, 3.63) is 58.4 Å². The van der Waals surface area contributed by atoms with E-state index in [2.05, 4.69) is 58.8 Å². The summed E-state index contributed by atoms with van der Waals surface area (Å²) in [4.78, 5) is 0. The molecule has 0 aliphatic heterocycles. The van der Waals surface area contributed by atoms with Crippen molar-refractivity contribution in [2.24, 2.45) is 5.73 Å². The van der Waals surface area contributed by atoms with Crippen LogP contribution in [0.4, 0.5) is 0 Å². The van der Waals surface area contributed by atoms with Gasteiger partial charge in [0.15, 0.2) is 0 Å². The first-order valence-electron chi connectivity index (χ1n) is 7.07. The Kier molecular flexibility index (Phi) is 3.90. The summed E-state index contributed by atoms with van der Waals surface area (Å²) in [6.07, 6.45) is 4.21. The van der Waals surface area contributed by atoms with Crippen LogP contribution in [0.25, 0.3) is 10.9 Å². The van der Waals surface area contributed by atoms with Gasteiger partial charge in [0.1, 0.15) is 0 Å². The summed E-state index contributed by atoms with van der Waals surface area (Å²) in [7, 11) is 0. The van der Waals surface area contributed by atoms with E-state index in [0.29, 0.717) is 0 Å². The van der Waals surface area contributed by atoms with Gasteiger partial charge in [-0.05, 0) is 65.2 Å². The van der Waals surface area contributed by atoms with Crippen LogP contribution in [0.5, 0.6) is 0 Å². The van der Waals surface area contributed by atoms with Gasteiger partial charge in [0.2, 0.25) is 0 Å². The normalized spacial score (nSPS) is 12.9. The molecular formula is C17H20N2S. The van der Waals surface area contributed by atoms with Gasteiger partial charge in [-0.2, -0.15) is 11.3 Å². The zero-order valence-corrected chi connectivity index (χ0v) is 12.6. The molecule has 0 aliphatic carbocycles. The second-order valence-corrected chi connectivity index (χ2v) is 6.25. The highest BCUT2D eigenvalue weighted by molar-refractivity contribution is 7.07. The molecule has 1 aromatic carbocycles. The van der Waals surface area contributed by atoms with Crippen molar-refractivity contribution in [3.8, 4) is 0 Å². The zero-order chi connectivity index (χ0) is 13.9. The Morgan fingerprint density at radius 1 is 1.20 bits per heavy atom. The summed E-state index contributed by atoms with van der Waals surface area (Å²) in [5, 5.41) is 5.68. The molecular weight excluding hydrogens is 264 g/mol. The Hall–Kier alpha value is -1.58. The number of nitrogens with two attached hydrogens (primary N) is 1. The Balaban J connectivity index is 1.83. The fourth-order valence-electron chi connectivity index (χ4n) is 2.61. The number of benzene rings is 1. The van der Waals surface area contributed by atoms with Crippen LogP contribution in [0.3, 0.4) is 0 Å². The Morgan fingerprint density at radius 2 is 2.10 bits per heavy atom. The van der Waals surface area contributed by atoms with E-state index in [1.807, 2.05) is 0 Å². The monoisotopic (exact) mass is 284 g/mol. The van der Waals surface area contributed by atoms with E-state index in [9.17, 15) is 0 Å². The van der Waals surface area contributed by atoms with Crippen LogP contribution in [0.2, 0.25) is 0 Å². The van der Waals surface area contributed by atoms with Crippen LogP contribution < -0.4 is 5.73 Å². The predicted molar refractivity (Wildman–Crippen MR) is 87.3 cm³/mol. The first-order chi connectivity index (χ1) is 9.72. The molecule has 0 aliphatic rings. The number of aryl methyl sites for hydroxylation is 2. The maximum atomic E-state index is 5.90. The molecule has 0 amide bonds. The van der Waals surface area contributed by atoms with E-state index in [-0.39, 0.29) is 6.04 Å². The SMILES string of the molecule is CC(N)Cc1ccc2ccn(CCc3ccsc3)c2c1. The van der Waals surface area contributed by atoms with Crippen molar-refractivity contribution in [3.63, 3.8) is 0 Å². The molecule has 0 saturated carbocycles. The van der Waals surface area contributed by atoms with Crippen LogP contribution >= 0.6 is 11.3 Å². The van der Waals surface area contributed by atoms with Gasteiger partial charge in [0, 0.05) is 24.3 Å². The lowest BCUT2D eigenvalue weighted by Crippen LogP contribution is -2.17. The summed E-state index contributed by atoms with van der Waals surface area (Å²) in [6.45, 7) is 3.08. The summed E-state index contributed by atoms with van der Waals surface area (Å²) < 4.78 is 2.34. The second-order valence-electron chi connectivity index (χ2n) is 5.47. The number of fused-ring (bicyclic) bond motifs is 1. The van der Waals surface area contributed by atoms with Crippen LogP contribution in [0, 0.1) is 0 Å². The first kappa shape index (κ1) is 13.4. The maximum absolute atomic E-state index is 5.90. The molecule has 3 aromatic rings. The largest absolute Gasteiger partial charge is 0.347 e. The van der Waals surface area contributed by atoms with Crippen LogP contribution in [-0.4, -0.2) is 10.6 Å². The predicted octanol–water partition coefficient (Wildman–Crippen LogP) is 3.84. The molecule has 0 radical (unpaired) electrons. The third kappa shape index (κ3) is 2.94. The number of hydrogen-bond donors (Lipinski definition) is 1. The summed E-state index contributed by atoms with van der Waals surface area (Å²) >= 11 is 1.77. The molecule has 20 heavy (non-hydrogen) atoms. The molecule has 0 bridgehead atoms. The van der Waals surface area contributed by atoms with Gasteiger partial charge < -0.3 is 10.3 Å². The summed E-state index contributed by atoms with van der Waals surface area (Å²) in [5.74, 6) is 0. The minimum Gasteiger partial charge on any atom is -0.347 e. The van der Waals surface area contributed by atoms with E-state index >= 15 is 0 Å². The van der Waals surface area contributed by atoms with Crippen molar-refractivity contribution >= 4 is 22.2 Å². The first-order valence-corrected chi connectivity index (χ1v) is 8.01. The van der Waals surface area contributed by atoms with Crippen LogP contribution in [0.1, 0.15) is 18.1 Å². The van der Waals surface area contributed by atoms with Crippen molar-refractivity contribution in [2.45, 2.75) is 32.4 Å². The van der Waals surface area contributed by atoms with E-state index in [4.69, 9.17) is 5.73 Å². The van der Waals surface area contributed by atoms with Crippen molar-refractivity contribution in [2.75, 3.05) is 0 Å². The maximum Gasteiger partial charge on any atom is 0.0483 e. The Bertz CT molecular complexity index is 680. The molecule has 3 heteroatoms. The molecule has 0 spiro atoms. The van der Waals surface area contributed by atoms with E-state index < -0.39 is 0 Å². The second kappa shape index (κ2) is 5.81. The number of thiophene rings is 1. The molecule has 0 saturated heterocycles. The molecule has 0 fully saturated rings. The highest BCUT2D eigenvalue weighted by atomic mass is 32.1. The van der Waals surface area contributed by atoms with Crippen LogP contribution in [-0.2, 0) is 19.4 Å². The quantitative estimate of drug-likeness (QED) is 0.758. The van der Waals surface area contributed by atoms with Gasteiger partial charge in [-0.1, -0.05) is 12.1 Å². The number of aromatic nitrogens is 1. The average Bonchev–Trinajstić information content (AvgIpc) is 3.04. The van der Waals surface area contributed by atoms with Crippen molar-refractivity contribution < 1.29 is 0 Å². The Morgan fingerprint density at radius 3 is 2.85 bits per heavy atom. The highest BCUT2D eigenvalue weighted by Gasteiger charge is 2.04. The van der Waals surface area contributed by atoms with Gasteiger partial charge in [0.05, 0.1) is 0 Å². The number of nitrogens with zero attached hydrogens (tertiary/aromatic N) is 1. The number of hydrogen-bond acceptors (Lipinski definition) is 2. The van der Waals surface area contributed by atoms with Gasteiger partial charge in [-0.3, -0.25) is 0 Å². The fraction of sp³-hybridized carbons (Fsp3) is 0.294. The molecule has 2 N–H and O–H groups in total. The van der Waals surface area contributed by atoms with E-state index in [1.54, 1.807) is 11.3 Å². The fourth-order valence-corrected chi connectivity index (χ4v) is 3.31. The zero-order valence-electron chi connectivity index (χ0n) is 11.8. The molecule has 3 rings (SSSR count). The van der Waals surface area contributed by atoms with Crippen molar-refractivity contribution in [1.82, 2.24) is 4.57 Å². The lowest BCUT2D eigenvalue weighted by atomic mass is 10.1. The molecule has 104 valence electrons. The van der Waals surface area contributed by atoms with Gasteiger partial charge in [-0.25, -0.2) is 0 Å². The molecule has 2 nitrogen and oxygen atoms in total. The lowest BCUT2D eigenvalue weighted by molar-refractivity contribution is 0.720. The minimum atomic E-state index is 0.210. The molecule has 2 aromatic heterocycles. The molecule has 2 heterocycles. The van der Waals surface area contributed by atoms with Gasteiger partial charge >= 0.3 is 0 Å². The van der Waals surface area contributed by atoms with E-state index in [0.717, 1.165) is 19.4 Å². The third-order valence-corrected chi connectivity index (χ3v) is 4.35. The van der Waals surface area contributed by atoms with Crippen LogP contribution in [0.15, 0.2) is 47.3 Å². The highest BCUT2D eigenvalue weighted by Crippen LogP contribution is 2.19. The van der Waals surface area contributed by atoms with Gasteiger partial charge in [0.25, 0.3) is 0 Å². The summed E-state index contributed by atoms with van der Waals surface area (Å²) in [5.41, 5.74) is 9.96. The molecule has 1 unspecified atom stereocenters. The smallest absolute Gasteiger partial charge is 0.0483 e. The number of rotatable bonds is 5. The minimum absolute atomic E-state index is 0.210.